The molecule has 1 aromatic rings. The largest absolute Gasteiger partial charge is 0.481 e. The van der Waals surface area contributed by atoms with E-state index in [2.05, 4.69) is 5.32 Å². The number of benzene rings is 1. The van der Waals surface area contributed by atoms with Gasteiger partial charge in [-0.1, -0.05) is 24.6 Å². The van der Waals surface area contributed by atoms with Crippen molar-refractivity contribution >= 4 is 23.6 Å². The van der Waals surface area contributed by atoms with Crippen LogP contribution in [0.15, 0.2) is 18.2 Å². The molecule has 1 fully saturated rings. The summed E-state index contributed by atoms with van der Waals surface area (Å²) >= 11 is 6.00. The number of likely N-dealkylation sites (tertiary alicyclic amines) is 1. The van der Waals surface area contributed by atoms with Crippen LogP contribution in [0, 0.1) is 17.7 Å². The Kier molecular flexibility index (Phi) is 5.46. The number of aliphatic carboxylic acids is 1. The number of amides is 2. The number of carboxylic acid groups (broad SMARTS) is 1. The van der Waals surface area contributed by atoms with Crippen molar-refractivity contribution in [3.05, 3.63) is 34.6 Å². The van der Waals surface area contributed by atoms with Crippen molar-refractivity contribution in [1.29, 1.82) is 0 Å². The summed E-state index contributed by atoms with van der Waals surface area (Å²) in [7, 11) is 0. The highest BCUT2D eigenvalue weighted by atomic mass is 35.5. The van der Waals surface area contributed by atoms with Crippen molar-refractivity contribution in [2.45, 2.75) is 26.3 Å². The van der Waals surface area contributed by atoms with Crippen LogP contribution >= 0.6 is 11.6 Å². The van der Waals surface area contributed by atoms with E-state index in [1.165, 1.54) is 23.1 Å². The Morgan fingerprint density at radius 3 is 2.74 bits per heavy atom. The topological polar surface area (TPSA) is 69.6 Å². The van der Waals surface area contributed by atoms with E-state index in [4.69, 9.17) is 16.7 Å². The fourth-order valence-corrected chi connectivity index (χ4v) is 3.23. The molecule has 1 aliphatic heterocycles. The van der Waals surface area contributed by atoms with Gasteiger partial charge in [0.05, 0.1) is 12.0 Å². The molecule has 1 heterocycles. The Hall–Kier alpha value is -1.82. The minimum Gasteiger partial charge on any atom is -0.481 e. The van der Waals surface area contributed by atoms with Crippen molar-refractivity contribution in [2.75, 3.05) is 13.1 Å². The van der Waals surface area contributed by atoms with Gasteiger partial charge in [0.15, 0.2) is 0 Å². The lowest BCUT2D eigenvalue weighted by Crippen LogP contribution is -2.49. The first-order valence-electron chi connectivity index (χ1n) is 7.51. The summed E-state index contributed by atoms with van der Waals surface area (Å²) < 4.78 is 13.1. The Morgan fingerprint density at radius 1 is 1.43 bits per heavy atom. The lowest BCUT2D eigenvalue weighted by molar-refractivity contribution is -0.143. The van der Waals surface area contributed by atoms with Crippen molar-refractivity contribution < 1.29 is 19.1 Å². The molecule has 1 aliphatic rings. The van der Waals surface area contributed by atoms with E-state index in [0.717, 1.165) is 0 Å². The summed E-state index contributed by atoms with van der Waals surface area (Å²) in [5.41, 5.74) is 0.612. The number of urea groups is 1. The van der Waals surface area contributed by atoms with E-state index < -0.39 is 23.7 Å². The Balaban J connectivity index is 2.04. The molecule has 0 spiro atoms. The number of hydrogen-bond acceptors (Lipinski definition) is 2. The summed E-state index contributed by atoms with van der Waals surface area (Å²) in [4.78, 5) is 25.1. The second-order valence-electron chi connectivity index (χ2n) is 6.12. The molecule has 0 radical (unpaired) electrons. The summed E-state index contributed by atoms with van der Waals surface area (Å²) in [6.45, 7) is 4.38. The maximum absolute atomic E-state index is 13.1. The quantitative estimate of drug-likeness (QED) is 0.885. The minimum absolute atomic E-state index is 0.125. The number of rotatable bonds is 3. The maximum atomic E-state index is 13.1. The van der Waals surface area contributed by atoms with Crippen LogP contribution in [0.1, 0.15) is 31.9 Å². The molecule has 23 heavy (non-hydrogen) atoms. The fourth-order valence-electron chi connectivity index (χ4n) is 2.90. The molecule has 0 bridgehead atoms. The van der Waals surface area contributed by atoms with Crippen molar-refractivity contribution in [1.82, 2.24) is 10.2 Å². The maximum Gasteiger partial charge on any atom is 0.317 e. The summed E-state index contributed by atoms with van der Waals surface area (Å²) in [5, 5.41) is 12.2. The zero-order valence-corrected chi connectivity index (χ0v) is 13.8. The summed E-state index contributed by atoms with van der Waals surface area (Å²) in [6.07, 6.45) is 0.568. The summed E-state index contributed by atoms with van der Waals surface area (Å²) in [6, 6.07) is 3.27. The molecule has 1 saturated heterocycles. The second kappa shape index (κ2) is 7.17. The van der Waals surface area contributed by atoms with E-state index in [-0.39, 0.29) is 23.5 Å². The number of halogens is 2. The third-order valence-corrected chi connectivity index (χ3v) is 4.39. The van der Waals surface area contributed by atoms with Gasteiger partial charge < -0.3 is 15.3 Å². The van der Waals surface area contributed by atoms with Crippen LogP contribution in [-0.4, -0.2) is 35.1 Å². The minimum atomic E-state index is -0.885. The smallest absolute Gasteiger partial charge is 0.317 e. The number of hydrogen-bond donors (Lipinski definition) is 2. The van der Waals surface area contributed by atoms with E-state index in [1.807, 2.05) is 6.92 Å². The van der Waals surface area contributed by atoms with Crippen LogP contribution in [0.2, 0.25) is 5.02 Å². The molecule has 0 aliphatic carbocycles. The molecule has 3 atom stereocenters. The molecular formula is C16H20ClFN2O3. The van der Waals surface area contributed by atoms with E-state index in [9.17, 15) is 14.0 Å². The molecular weight excluding hydrogens is 323 g/mol. The highest BCUT2D eigenvalue weighted by Crippen LogP contribution is 2.25. The lowest BCUT2D eigenvalue weighted by atomic mass is 9.91. The molecule has 2 N–H and O–H groups in total. The van der Waals surface area contributed by atoms with Crippen molar-refractivity contribution in [3.63, 3.8) is 0 Å². The first kappa shape index (κ1) is 17.5. The third-order valence-electron chi connectivity index (χ3n) is 4.07. The average molecular weight is 343 g/mol. The number of nitrogens with zero attached hydrogens (tertiary/aromatic N) is 1. The predicted octanol–water partition coefficient (Wildman–Crippen LogP) is 3.29. The van der Waals surface area contributed by atoms with Gasteiger partial charge in [0.25, 0.3) is 0 Å². The Labute approximate surface area is 139 Å². The second-order valence-corrected chi connectivity index (χ2v) is 6.53. The molecule has 0 saturated carbocycles. The number of carbonyl (C=O) groups is 2. The first-order chi connectivity index (χ1) is 10.8. The van der Waals surface area contributed by atoms with Gasteiger partial charge in [-0.3, -0.25) is 4.79 Å². The third kappa shape index (κ3) is 4.34. The van der Waals surface area contributed by atoms with Crippen molar-refractivity contribution in [2.24, 2.45) is 11.8 Å². The van der Waals surface area contributed by atoms with Crippen LogP contribution in [0.4, 0.5) is 9.18 Å². The molecule has 2 amide bonds. The van der Waals surface area contributed by atoms with Crippen LogP contribution < -0.4 is 5.32 Å². The average Bonchev–Trinajstić information content (AvgIpc) is 2.46. The van der Waals surface area contributed by atoms with Gasteiger partial charge in [0, 0.05) is 18.1 Å². The normalized spacial score (nSPS) is 22.5. The van der Waals surface area contributed by atoms with Gasteiger partial charge in [-0.25, -0.2) is 9.18 Å². The van der Waals surface area contributed by atoms with E-state index in [0.29, 0.717) is 18.5 Å². The van der Waals surface area contributed by atoms with Crippen LogP contribution in [0.25, 0.3) is 0 Å². The zero-order valence-electron chi connectivity index (χ0n) is 13.1. The van der Waals surface area contributed by atoms with Crippen LogP contribution in [0.3, 0.4) is 0 Å². The first-order valence-corrected chi connectivity index (χ1v) is 7.89. The van der Waals surface area contributed by atoms with Gasteiger partial charge in [0.2, 0.25) is 0 Å². The lowest BCUT2D eigenvalue weighted by Gasteiger charge is -2.35. The SMILES string of the molecule is CC1CC(C(=O)O)CN(C(=O)N[C@H](C)c2ccc(F)cc2Cl)C1. The predicted molar refractivity (Wildman–Crippen MR) is 84.8 cm³/mol. The van der Waals surface area contributed by atoms with Crippen LogP contribution in [0.5, 0.6) is 0 Å². The number of carboxylic acids is 1. The molecule has 0 aromatic heterocycles. The molecule has 7 heteroatoms. The molecule has 1 aromatic carbocycles. The van der Waals surface area contributed by atoms with Gasteiger partial charge in [-0.2, -0.15) is 0 Å². The number of carbonyl (C=O) groups excluding carboxylic acids is 1. The number of nitrogens with one attached hydrogen (secondary N) is 1. The van der Waals surface area contributed by atoms with Gasteiger partial charge in [-0.15, -0.1) is 0 Å². The van der Waals surface area contributed by atoms with E-state index in [1.54, 1.807) is 6.92 Å². The molecule has 2 rings (SSSR count). The highest BCUT2D eigenvalue weighted by Gasteiger charge is 2.32. The standard InChI is InChI=1S/C16H20ClFN2O3/c1-9-5-11(15(21)22)8-20(7-9)16(23)19-10(2)13-4-3-12(18)6-14(13)17/h3-4,6,9-11H,5,7-8H2,1-2H3,(H,19,23)(H,21,22)/t9?,10-,11?/m1/s1. The van der Waals surface area contributed by atoms with E-state index >= 15 is 0 Å². The monoisotopic (exact) mass is 342 g/mol. The number of piperidine rings is 1. The van der Waals surface area contributed by atoms with Crippen LogP contribution in [-0.2, 0) is 4.79 Å². The Bertz CT molecular complexity index is 611. The van der Waals surface area contributed by atoms with Gasteiger partial charge in [0.1, 0.15) is 5.82 Å². The van der Waals surface area contributed by atoms with Gasteiger partial charge in [-0.05, 0) is 37.0 Å². The summed E-state index contributed by atoms with van der Waals surface area (Å²) in [5.74, 6) is -1.75. The zero-order chi connectivity index (χ0) is 17.1. The molecule has 126 valence electrons. The fraction of sp³-hybridized carbons (Fsp3) is 0.500. The van der Waals surface area contributed by atoms with Crippen molar-refractivity contribution in [3.8, 4) is 0 Å². The molecule has 2 unspecified atom stereocenters. The van der Waals surface area contributed by atoms with Gasteiger partial charge >= 0.3 is 12.0 Å². The highest BCUT2D eigenvalue weighted by molar-refractivity contribution is 6.31. The molecule has 5 nitrogen and oxygen atoms in total. The Morgan fingerprint density at radius 2 is 2.13 bits per heavy atom.